The Morgan fingerprint density at radius 1 is 0.815 bits per heavy atom. The van der Waals surface area contributed by atoms with Crippen LogP contribution in [0, 0.1) is 5.92 Å². The van der Waals surface area contributed by atoms with Crippen LogP contribution in [-0.2, 0) is 0 Å². The maximum Gasteiger partial charge on any atom is 0.131 e. The maximum absolute atomic E-state index is 6.36. The Morgan fingerprint density at radius 2 is 1.63 bits per heavy atom. The molecule has 3 unspecified atom stereocenters. The maximum atomic E-state index is 6.36. The van der Waals surface area contributed by atoms with Gasteiger partial charge in [-0.1, -0.05) is 30.3 Å². The minimum absolute atomic E-state index is 0.425. The van der Waals surface area contributed by atoms with Gasteiger partial charge >= 0.3 is 0 Å². The van der Waals surface area contributed by atoms with E-state index in [1.165, 1.54) is 36.8 Å². The van der Waals surface area contributed by atoms with Crippen molar-refractivity contribution in [2.45, 2.75) is 43.7 Å². The standard InChI is InChI=1S/C24H23NO2/c1-2-4-22-20(3-1)24(17-11-18-6-7-19(12-17)25-18)21-8-5-15(13-23(21)27-22)16-9-10-26-14-16/h1-5,8-10,13-14,17-19,24-25H,6-7,11-12H2. The molecule has 3 aliphatic rings. The Labute approximate surface area is 159 Å². The molecule has 3 heteroatoms. The third-order valence-electron chi connectivity index (χ3n) is 6.66. The van der Waals surface area contributed by atoms with Crippen molar-refractivity contribution < 1.29 is 9.15 Å². The van der Waals surface area contributed by atoms with Crippen molar-refractivity contribution >= 4 is 0 Å². The molecule has 6 rings (SSSR count). The summed E-state index contributed by atoms with van der Waals surface area (Å²) in [6.45, 7) is 0. The van der Waals surface area contributed by atoms with Crippen molar-refractivity contribution in [2.75, 3.05) is 0 Å². The second kappa shape index (κ2) is 6.00. The zero-order chi connectivity index (χ0) is 17.8. The summed E-state index contributed by atoms with van der Waals surface area (Å²) in [7, 11) is 0. The summed E-state index contributed by atoms with van der Waals surface area (Å²) in [6, 6.07) is 18.7. The van der Waals surface area contributed by atoms with Gasteiger partial charge in [0.25, 0.3) is 0 Å². The fraction of sp³-hybridized carbons (Fsp3) is 0.333. The van der Waals surface area contributed by atoms with E-state index in [0.717, 1.165) is 22.6 Å². The number of rotatable bonds is 2. The van der Waals surface area contributed by atoms with Crippen LogP contribution in [0.4, 0.5) is 0 Å². The number of furan rings is 1. The van der Waals surface area contributed by atoms with E-state index >= 15 is 0 Å². The highest BCUT2D eigenvalue weighted by molar-refractivity contribution is 5.67. The molecule has 3 aliphatic heterocycles. The van der Waals surface area contributed by atoms with Gasteiger partial charge in [-0.05, 0) is 55.4 Å². The molecule has 1 aromatic heterocycles. The van der Waals surface area contributed by atoms with E-state index in [9.17, 15) is 0 Å². The second-order valence-electron chi connectivity index (χ2n) is 8.25. The van der Waals surface area contributed by atoms with Crippen LogP contribution in [0.3, 0.4) is 0 Å². The summed E-state index contributed by atoms with van der Waals surface area (Å²) in [5, 5.41) is 3.79. The number of fused-ring (bicyclic) bond motifs is 4. The first-order valence-electron chi connectivity index (χ1n) is 10.0. The SMILES string of the molecule is c1ccc2c(c1)Oc1cc(-c3ccoc3)ccc1C2C1CC2CCC(C1)N2. The van der Waals surface area contributed by atoms with Crippen LogP contribution in [-0.4, -0.2) is 12.1 Å². The molecule has 2 bridgehead atoms. The normalized spacial score (nSPS) is 28.3. The topological polar surface area (TPSA) is 34.4 Å². The van der Waals surface area contributed by atoms with Crippen molar-refractivity contribution in [3.8, 4) is 22.6 Å². The van der Waals surface area contributed by atoms with Gasteiger partial charge in [0, 0.05) is 34.7 Å². The molecule has 0 radical (unpaired) electrons. The molecule has 0 spiro atoms. The Bertz CT molecular complexity index is 966. The predicted molar refractivity (Wildman–Crippen MR) is 105 cm³/mol. The molecule has 3 aromatic rings. The van der Waals surface area contributed by atoms with Crippen molar-refractivity contribution in [3.63, 3.8) is 0 Å². The Hall–Kier alpha value is -2.52. The molecule has 0 aliphatic carbocycles. The van der Waals surface area contributed by atoms with Crippen LogP contribution in [0.1, 0.15) is 42.7 Å². The van der Waals surface area contributed by atoms with Crippen LogP contribution in [0.5, 0.6) is 11.5 Å². The van der Waals surface area contributed by atoms with Crippen molar-refractivity contribution in [2.24, 2.45) is 5.92 Å². The van der Waals surface area contributed by atoms with E-state index in [4.69, 9.17) is 9.15 Å². The molecular formula is C24H23NO2. The highest BCUT2D eigenvalue weighted by Gasteiger charge is 2.41. The average Bonchev–Trinajstić information content (AvgIpc) is 3.35. The van der Waals surface area contributed by atoms with Gasteiger partial charge in [0.2, 0.25) is 0 Å². The zero-order valence-corrected chi connectivity index (χ0v) is 15.2. The monoisotopic (exact) mass is 357 g/mol. The minimum atomic E-state index is 0.425. The number of hydrogen-bond acceptors (Lipinski definition) is 3. The van der Waals surface area contributed by atoms with E-state index in [1.807, 2.05) is 6.07 Å². The zero-order valence-electron chi connectivity index (χ0n) is 15.2. The highest BCUT2D eigenvalue weighted by Crippen LogP contribution is 2.52. The lowest BCUT2D eigenvalue weighted by atomic mass is 9.73. The summed E-state index contributed by atoms with van der Waals surface area (Å²) >= 11 is 0. The summed E-state index contributed by atoms with van der Waals surface area (Å²) in [5.41, 5.74) is 4.93. The van der Waals surface area contributed by atoms with E-state index in [-0.39, 0.29) is 0 Å². The van der Waals surface area contributed by atoms with Gasteiger partial charge in [-0.2, -0.15) is 0 Å². The fourth-order valence-electron chi connectivity index (χ4n) is 5.49. The third kappa shape index (κ3) is 2.53. The first-order chi connectivity index (χ1) is 13.3. The molecule has 27 heavy (non-hydrogen) atoms. The van der Waals surface area contributed by atoms with E-state index in [1.54, 1.807) is 12.5 Å². The number of piperidine rings is 1. The van der Waals surface area contributed by atoms with Crippen LogP contribution in [0.25, 0.3) is 11.1 Å². The summed E-state index contributed by atoms with van der Waals surface area (Å²) in [6.07, 6.45) is 8.70. The molecule has 2 fully saturated rings. The quantitative estimate of drug-likeness (QED) is 0.637. The molecule has 136 valence electrons. The Morgan fingerprint density at radius 3 is 2.44 bits per heavy atom. The smallest absolute Gasteiger partial charge is 0.131 e. The number of para-hydroxylation sites is 1. The Balaban J connectivity index is 1.46. The van der Waals surface area contributed by atoms with Crippen LogP contribution >= 0.6 is 0 Å². The molecule has 0 amide bonds. The van der Waals surface area contributed by atoms with Crippen LogP contribution in [0.15, 0.2) is 65.5 Å². The molecule has 4 heterocycles. The number of nitrogens with one attached hydrogen (secondary N) is 1. The van der Waals surface area contributed by atoms with Crippen LogP contribution in [0.2, 0.25) is 0 Å². The fourth-order valence-corrected chi connectivity index (χ4v) is 5.49. The van der Waals surface area contributed by atoms with Crippen molar-refractivity contribution in [1.82, 2.24) is 5.32 Å². The van der Waals surface area contributed by atoms with Crippen LogP contribution < -0.4 is 10.1 Å². The van der Waals surface area contributed by atoms with Gasteiger partial charge in [0.05, 0.1) is 12.5 Å². The van der Waals surface area contributed by atoms with Crippen molar-refractivity contribution in [1.29, 1.82) is 0 Å². The summed E-state index contributed by atoms with van der Waals surface area (Å²) < 4.78 is 11.6. The van der Waals surface area contributed by atoms with E-state index in [0.29, 0.717) is 23.9 Å². The lowest BCUT2D eigenvalue weighted by Gasteiger charge is -2.38. The molecule has 3 atom stereocenters. The summed E-state index contributed by atoms with van der Waals surface area (Å²) in [5.74, 6) is 3.12. The summed E-state index contributed by atoms with van der Waals surface area (Å²) in [4.78, 5) is 0. The minimum Gasteiger partial charge on any atom is -0.472 e. The van der Waals surface area contributed by atoms with Gasteiger partial charge in [-0.3, -0.25) is 0 Å². The molecular weight excluding hydrogens is 334 g/mol. The largest absolute Gasteiger partial charge is 0.472 e. The molecule has 0 saturated carbocycles. The third-order valence-corrected chi connectivity index (χ3v) is 6.66. The van der Waals surface area contributed by atoms with Crippen molar-refractivity contribution in [3.05, 3.63) is 72.2 Å². The molecule has 2 saturated heterocycles. The second-order valence-corrected chi connectivity index (χ2v) is 8.25. The molecule has 1 N–H and O–H groups in total. The number of hydrogen-bond donors (Lipinski definition) is 1. The highest BCUT2D eigenvalue weighted by atomic mass is 16.5. The van der Waals surface area contributed by atoms with E-state index < -0.39 is 0 Å². The molecule has 3 nitrogen and oxygen atoms in total. The van der Waals surface area contributed by atoms with Gasteiger partial charge < -0.3 is 14.5 Å². The lowest BCUT2D eigenvalue weighted by Crippen LogP contribution is -2.40. The van der Waals surface area contributed by atoms with Gasteiger partial charge in [-0.25, -0.2) is 0 Å². The van der Waals surface area contributed by atoms with Gasteiger partial charge in [-0.15, -0.1) is 0 Å². The first-order valence-corrected chi connectivity index (χ1v) is 10.0. The van der Waals surface area contributed by atoms with Gasteiger partial charge in [0.15, 0.2) is 0 Å². The molecule has 2 aromatic carbocycles. The average molecular weight is 357 g/mol. The first kappa shape index (κ1) is 15.5. The predicted octanol–water partition coefficient (Wildman–Crippen LogP) is 5.71. The number of benzene rings is 2. The Kier molecular flexibility index (Phi) is 3.45. The van der Waals surface area contributed by atoms with Gasteiger partial charge in [0.1, 0.15) is 11.5 Å². The lowest BCUT2D eigenvalue weighted by molar-refractivity contribution is 0.267. The number of ether oxygens (including phenoxy) is 1. The van der Waals surface area contributed by atoms with E-state index in [2.05, 4.69) is 47.8 Å².